The first-order valence-corrected chi connectivity index (χ1v) is 10.9. The van der Waals surface area contributed by atoms with Crippen LogP contribution >= 0.6 is 0 Å². The number of nitrogens with zero attached hydrogens (tertiary/aromatic N) is 1. The van der Waals surface area contributed by atoms with Crippen molar-refractivity contribution in [3.05, 3.63) is 35.4 Å². The molecular weight excluding hydrogens is 377 g/mol. The van der Waals surface area contributed by atoms with Crippen molar-refractivity contribution in [2.24, 2.45) is 0 Å². The highest BCUT2D eigenvalue weighted by Crippen LogP contribution is 2.45. The van der Waals surface area contributed by atoms with Crippen molar-refractivity contribution in [3.8, 4) is 0 Å². The van der Waals surface area contributed by atoms with Crippen LogP contribution in [0.2, 0.25) is 0 Å². The van der Waals surface area contributed by atoms with Gasteiger partial charge in [-0.15, -0.1) is 0 Å². The second kappa shape index (κ2) is 10.3. The van der Waals surface area contributed by atoms with Crippen LogP contribution in [0.25, 0.3) is 0 Å². The lowest BCUT2D eigenvalue weighted by molar-refractivity contribution is -0.137. The van der Waals surface area contributed by atoms with E-state index in [2.05, 4.69) is 24.1 Å². The van der Waals surface area contributed by atoms with E-state index in [0.29, 0.717) is 6.61 Å². The summed E-state index contributed by atoms with van der Waals surface area (Å²) >= 11 is 0. The van der Waals surface area contributed by atoms with Crippen molar-refractivity contribution in [1.29, 1.82) is 0 Å². The fourth-order valence-corrected chi connectivity index (χ4v) is 4.53. The van der Waals surface area contributed by atoms with E-state index in [1.54, 1.807) is 6.07 Å². The van der Waals surface area contributed by atoms with Crippen LogP contribution in [0.3, 0.4) is 0 Å². The molecule has 1 N–H and O–H groups in total. The van der Waals surface area contributed by atoms with E-state index >= 15 is 0 Å². The number of ether oxygens (including phenoxy) is 1. The Morgan fingerprint density at radius 2 is 1.86 bits per heavy atom. The SMILES string of the molecule is CCN(CC)CCCNCC[C@]1(c2cccc(C(F)(F)F)c2)CCOC(C)(C)C1. The first kappa shape index (κ1) is 24.2. The minimum atomic E-state index is -4.32. The van der Waals surface area contributed by atoms with Crippen LogP contribution in [0.5, 0.6) is 0 Å². The molecule has 1 heterocycles. The molecule has 0 bridgehead atoms. The van der Waals surface area contributed by atoms with Gasteiger partial charge in [-0.1, -0.05) is 32.0 Å². The van der Waals surface area contributed by atoms with Crippen molar-refractivity contribution in [1.82, 2.24) is 10.2 Å². The Hall–Kier alpha value is -1.11. The lowest BCUT2D eigenvalue weighted by Crippen LogP contribution is -2.45. The number of alkyl halides is 3. The second-order valence-electron chi connectivity index (χ2n) is 8.77. The molecule has 29 heavy (non-hydrogen) atoms. The van der Waals surface area contributed by atoms with E-state index in [0.717, 1.165) is 70.0 Å². The Morgan fingerprint density at radius 3 is 2.48 bits per heavy atom. The summed E-state index contributed by atoms with van der Waals surface area (Å²) in [5.74, 6) is 0. The number of rotatable bonds is 10. The molecule has 2 rings (SSSR count). The molecular formula is C23H37F3N2O. The quantitative estimate of drug-likeness (QED) is 0.530. The van der Waals surface area contributed by atoms with E-state index in [4.69, 9.17) is 4.74 Å². The summed E-state index contributed by atoms with van der Waals surface area (Å²) < 4.78 is 45.7. The predicted octanol–water partition coefficient (Wildman–Crippen LogP) is 5.24. The molecule has 166 valence electrons. The van der Waals surface area contributed by atoms with Crippen molar-refractivity contribution in [2.45, 2.75) is 70.6 Å². The van der Waals surface area contributed by atoms with Crippen LogP contribution in [-0.4, -0.2) is 49.8 Å². The average molecular weight is 415 g/mol. The molecule has 0 aromatic heterocycles. The molecule has 1 saturated heterocycles. The zero-order valence-electron chi connectivity index (χ0n) is 18.4. The fourth-order valence-electron chi connectivity index (χ4n) is 4.53. The topological polar surface area (TPSA) is 24.5 Å². The van der Waals surface area contributed by atoms with Gasteiger partial charge in [0.05, 0.1) is 11.2 Å². The van der Waals surface area contributed by atoms with Crippen LogP contribution in [0.15, 0.2) is 24.3 Å². The first-order chi connectivity index (χ1) is 13.6. The number of nitrogens with one attached hydrogen (secondary N) is 1. The minimum Gasteiger partial charge on any atom is -0.376 e. The molecule has 1 aliphatic heterocycles. The Bertz CT molecular complexity index is 629. The van der Waals surface area contributed by atoms with Crippen molar-refractivity contribution >= 4 is 0 Å². The third-order valence-electron chi connectivity index (χ3n) is 6.14. The lowest BCUT2D eigenvalue weighted by Gasteiger charge is -2.46. The van der Waals surface area contributed by atoms with Gasteiger partial charge in [-0.05, 0) is 83.9 Å². The Kier molecular flexibility index (Phi) is 8.56. The maximum atomic E-state index is 13.3. The molecule has 0 amide bonds. The van der Waals surface area contributed by atoms with Gasteiger partial charge in [0, 0.05) is 12.0 Å². The number of benzene rings is 1. The number of halogens is 3. The van der Waals surface area contributed by atoms with E-state index in [9.17, 15) is 13.2 Å². The summed E-state index contributed by atoms with van der Waals surface area (Å²) in [5, 5.41) is 3.51. The molecule has 3 nitrogen and oxygen atoms in total. The highest BCUT2D eigenvalue weighted by molar-refractivity contribution is 5.33. The van der Waals surface area contributed by atoms with Gasteiger partial charge in [-0.2, -0.15) is 13.2 Å². The third kappa shape index (κ3) is 6.97. The molecule has 0 aliphatic carbocycles. The summed E-state index contributed by atoms with van der Waals surface area (Å²) in [7, 11) is 0. The zero-order chi connectivity index (χ0) is 21.5. The maximum Gasteiger partial charge on any atom is 0.416 e. The normalized spacial score (nSPS) is 22.2. The van der Waals surface area contributed by atoms with Crippen molar-refractivity contribution in [3.63, 3.8) is 0 Å². The summed E-state index contributed by atoms with van der Waals surface area (Å²) in [6.45, 7) is 13.9. The van der Waals surface area contributed by atoms with E-state index < -0.39 is 11.7 Å². The highest BCUT2D eigenvalue weighted by atomic mass is 19.4. The predicted molar refractivity (Wildman–Crippen MR) is 112 cm³/mol. The van der Waals surface area contributed by atoms with E-state index in [-0.39, 0.29) is 11.0 Å². The molecule has 0 radical (unpaired) electrons. The molecule has 0 saturated carbocycles. The Labute approximate surface area is 174 Å². The average Bonchev–Trinajstić information content (AvgIpc) is 2.66. The van der Waals surface area contributed by atoms with Gasteiger partial charge in [0.25, 0.3) is 0 Å². The van der Waals surface area contributed by atoms with Gasteiger partial charge >= 0.3 is 6.18 Å². The molecule has 0 unspecified atom stereocenters. The van der Waals surface area contributed by atoms with Crippen molar-refractivity contribution < 1.29 is 17.9 Å². The molecule has 1 aromatic carbocycles. The van der Waals surface area contributed by atoms with Gasteiger partial charge in [0.2, 0.25) is 0 Å². The summed E-state index contributed by atoms with van der Waals surface area (Å²) in [4.78, 5) is 2.40. The van der Waals surface area contributed by atoms with Gasteiger partial charge in [-0.3, -0.25) is 0 Å². The molecule has 0 spiro atoms. The third-order valence-corrected chi connectivity index (χ3v) is 6.14. The summed E-state index contributed by atoms with van der Waals surface area (Å²) in [6.07, 6.45) is -0.957. The van der Waals surface area contributed by atoms with Gasteiger partial charge < -0.3 is 15.0 Å². The minimum absolute atomic E-state index is 0.297. The van der Waals surface area contributed by atoms with Gasteiger partial charge in [-0.25, -0.2) is 0 Å². The Balaban J connectivity index is 2.06. The highest BCUT2D eigenvalue weighted by Gasteiger charge is 2.42. The van der Waals surface area contributed by atoms with Crippen LogP contribution in [0.1, 0.15) is 64.5 Å². The van der Waals surface area contributed by atoms with Crippen LogP contribution in [-0.2, 0) is 16.3 Å². The standard InChI is InChI=1S/C23H37F3N2O/c1-5-28(6-2)15-8-13-27-14-11-22(12-16-29-21(3,4)18-22)19-9-7-10-20(17-19)23(24,25)26/h7,9-10,17,27H,5-6,8,11-16,18H2,1-4H3/t22-/m0/s1. The molecule has 1 atom stereocenters. The molecule has 6 heteroatoms. The monoisotopic (exact) mass is 414 g/mol. The first-order valence-electron chi connectivity index (χ1n) is 10.9. The maximum absolute atomic E-state index is 13.3. The number of hydrogen-bond acceptors (Lipinski definition) is 3. The lowest BCUT2D eigenvalue weighted by atomic mass is 9.67. The Morgan fingerprint density at radius 1 is 1.14 bits per heavy atom. The fraction of sp³-hybridized carbons (Fsp3) is 0.739. The smallest absolute Gasteiger partial charge is 0.376 e. The van der Waals surface area contributed by atoms with Gasteiger partial charge in [0.1, 0.15) is 0 Å². The van der Waals surface area contributed by atoms with Crippen LogP contribution in [0.4, 0.5) is 13.2 Å². The van der Waals surface area contributed by atoms with E-state index in [1.807, 2.05) is 19.9 Å². The summed E-state index contributed by atoms with van der Waals surface area (Å²) in [5.41, 5.74) is -0.413. The van der Waals surface area contributed by atoms with Crippen molar-refractivity contribution in [2.75, 3.05) is 39.3 Å². The second-order valence-corrected chi connectivity index (χ2v) is 8.77. The molecule has 1 aromatic rings. The molecule has 1 fully saturated rings. The molecule has 1 aliphatic rings. The van der Waals surface area contributed by atoms with Crippen LogP contribution in [0, 0.1) is 0 Å². The summed E-state index contributed by atoms with van der Waals surface area (Å²) in [6, 6.07) is 5.91. The van der Waals surface area contributed by atoms with Gasteiger partial charge in [0.15, 0.2) is 0 Å². The zero-order valence-corrected chi connectivity index (χ0v) is 18.4. The van der Waals surface area contributed by atoms with Crippen LogP contribution < -0.4 is 5.32 Å². The number of hydrogen-bond donors (Lipinski definition) is 1. The largest absolute Gasteiger partial charge is 0.416 e. The van der Waals surface area contributed by atoms with E-state index in [1.165, 1.54) is 6.07 Å².